The molecule has 0 radical (unpaired) electrons. The van der Waals surface area contributed by atoms with E-state index in [1.807, 2.05) is 6.92 Å². The zero-order chi connectivity index (χ0) is 13.9. The molecule has 0 saturated carbocycles. The first-order chi connectivity index (χ1) is 8.36. The highest BCUT2D eigenvalue weighted by Gasteiger charge is 2.21. The van der Waals surface area contributed by atoms with E-state index in [0.29, 0.717) is 16.8 Å². The number of nitrogens with zero attached hydrogens (tertiary/aromatic N) is 2. The third kappa shape index (κ3) is 3.45. The van der Waals surface area contributed by atoms with Crippen molar-refractivity contribution < 1.29 is 9.53 Å². The first-order valence-corrected chi connectivity index (χ1v) is 7.00. The highest BCUT2D eigenvalue weighted by atomic mass is 32.1. The molecular formula is C13H22N2O2S. The molecule has 1 aromatic rings. The normalized spacial score (nSPS) is 11.1. The molecule has 1 heterocycles. The molecule has 0 aromatic carbocycles. The lowest BCUT2D eigenvalue weighted by Gasteiger charge is -2.27. The average Bonchev–Trinajstić information content (AvgIpc) is 2.66. The summed E-state index contributed by atoms with van der Waals surface area (Å²) < 4.78 is 4.76. The van der Waals surface area contributed by atoms with Crippen molar-refractivity contribution in [1.82, 2.24) is 4.98 Å². The second-order valence-electron chi connectivity index (χ2n) is 5.04. The van der Waals surface area contributed by atoms with Crippen LogP contribution in [0.15, 0.2) is 0 Å². The standard InChI is InChI=1S/C13H22N2O2S/c1-8(2)7-15(9(3)4)13-14-10(5)11(18-13)12(16)17-6/h8-9H,7H2,1-6H3. The van der Waals surface area contributed by atoms with E-state index in [0.717, 1.165) is 17.4 Å². The fraction of sp³-hybridized carbons (Fsp3) is 0.692. The molecule has 0 aliphatic rings. The van der Waals surface area contributed by atoms with E-state index in [9.17, 15) is 4.79 Å². The van der Waals surface area contributed by atoms with Gasteiger partial charge in [-0.3, -0.25) is 0 Å². The highest BCUT2D eigenvalue weighted by molar-refractivity contribution is 7.17. The fourth-order valence-electron chi connectivity index (χ4n) is 1.69. The van der Waals surface area contributed by atoms with Crippen LogP contribution in [-0.2, 0) is 4.74 Å². The molecule has 0 unspecified atom stereocenters. The maximum absolute atomic E-state index is 11.6. The summed E-state index contributed by atoms with van der Waals surface area (Å²) in [6, 6.07) is 0.364. The summed E-state index contributed by atoms with van der Waals surface area (Å²) >= 11 is 1.41. The number of aromatic nitrogens is 1. The maximum Gasteiger partial charge on any atom is 0.350 e. The number of rotatable bonds is 5. The van der Waals surface area contributed by atoms with Gasteiger partial charge in [-0.1, -0.05) is 25.2 Å². The van der Waals surface area contributed by atoms with Crippen LogP contribution < -0.4 is 4.90 Å². The van der Waals surface area contributed by atoms with E-state index in [4.69, 9.17) is 4.74 Å². The predicted octanol–water partition coefficient (Wildman–Crippen LogP) is 3.11. The Morgan fingerprint density at radius 3 is 2.44 bits per heavy atom. The van der Waals surface area contributed by atoms with E-state index >= 15 is 0 Å². The van der Waals surface area contributed by atoms with Crippen LogP contribution in [0.1, 0.15) is 43.1 Å². The topological polar surface area (TPSA) is 42.4 Å². The molecule has 0 amide bonds. The van der Waals surface area contributed by atoms with Crippen LogP contribution in [0.2, 0.25) is 0 Å². The lowest BCUT2D eigenvalue weighted by Crippen LogP contribution is -2.34. The minimum Gasteiger partial charge on any atom is -0.465 e. The third-order valence-corrected chi connectivity index (χ3v) is 3.76. The Kier molecular flexibility index (Phi) is 5.14. The Bertz CT molecular complexity index is 413. The zero-order valence-corrected chi connectivity index (χ0v) is 12.8. The number of hydrogen-bond donors (Lipinski definition) is 0. The molecule has 0 bridgehead atoms. The van der Waals surface area contributed by atoms with Crippen LogP contribution in [-0.4, -0.2) is 30.6 Å². The SMILES string of the molecule is COC(=O)c1sc(N(CC(C)C)C(C)C)nc1C. The van der Waals surface area contributed by atoms with Crippen LogP contribution in [0.3, 0.4) is 0 Å². The molecule has 0 N–H and O–H groups in total. The van der Waals surface area contributed by atoms with Crippen molar-refractivity contribution in [1.29, 1.82) is 0 Å². The lowest BCUT2D eigenvalue weighted by molar-refractivity contribution is 0.0605. The number of thiazole rings is 1. The van der Waals surface area contributed by atoms with Gasteiger partial charge in [0.25, 0.3) is 0 Å². The van der Waals surface area contributed by atoms with Gasteiger partial charge in [-0.05, 0) is 26.7 Å². The first-order valence-electron chi connectivity index (χ1n) is 6.19. The van der Waals surface area contributed by atoms with Crippen LogP contribution in [0.25, 0.3) is 0 Å². The number of methoxy groups -OCH3 is 1. The predicted molar refractivity (Wildman–Crippen MR) is 75.5 cm³/mol. The molecule has 0 atom stereocenters. The molecule has 0 fully saturated rings. The van der Waals surface area contributed by atoms with Crippen LogP contribution >= 0.6 is 11.3 Å². The fourth-order valence-corrected chi connectivity index (χ4v) is 2.82. The Hall–Kier alpha value is -1.10. The quantitative estimate of drug-likeness (QED) is 0.771. The monoisotopic (exact) mass is 270 g/mol. The largest absolute Gasteiger partial charge is 0.465 e. The molecular weight excluding hydrogens is 248 g/mol. The average molecular weight is 270 g/mol. The van der Waals surface area contributed by atoms with Gasteiger partial charge in [0.15, 0.2) is 5.13 Å². The number of anilines is 1. The Morgan fingerprint density at radius 2 is 2.00 bits per heavy atom. The van der Waals surface area contributed by atoms with Crippen molar-refractivity contribution in [2.45, 2.75) is 40.7 Å². The number of carbonyl (C=O) groups excluding carboxylic acids is 1. The van der Waals surface area contributed by atoms with Crippen molar-refractivity contribution >= 4 is 22.4 Å². The summed E-state index contributed by atoms with van der Waals surface area (Å²) in [6.07, 6.45) is 0. The summed E-state index contributed by atoms with van der Waals surface area (Å²) in [5.74, 6) is 0.252. The molecule has 102 valence electrons. The van der Waals surface area contributed by atoms with Crippen molar-refractivity contribution in [3.8, 4) is 0 Å². The summed E-state index contributed by atoms with van der Waals surface area (Å²) in [7, 11) is 1.40. The Balaban J connectivity index is 3.03. The van der Waals surface area contributed by atoms with Gasteiger partial charge >= 0.3 is 5.97 Å². The van der Waals surface area contributed by atoms with Gasteiger partial charge in [-0.25, -0.2) is 9.78 Å². The third-order valence-electron chi connectivity index (χ3n) is 2.59. The molecule has 18 heavy (non-hydrogen) atoms. The smallest absolute Gasteiger partial charge is 0.350 e. The number of aryl methyl sites for hydroxylation is 1. The van der Waals surface area contributed by atoms with E-state index in [1.54, 1.807) is 0 Å². The second kappa shape index (κ2) is 6.18. The number of ether oxygens (including phenoxy) is 1. The molecule has 5 heteroatoms. The van der Waals surface area contributed by atoms with Gasteiger partial charge in [0.2, 0.25) is 0 Å². The summed E-state index contributed by atoms with van der Waals surface area (Å²) in [4.78, 5) is 18.9. The number of esters is 1. The van der Waals surface area contributed by atoms with E-state index in [-0.39, 0.29) is 5.97 Å². The van der Waals surface area contributed by atoms with Gasteiger partial charge in [0.1, 0.15) is 4.88 Å². The van der Waals surface area contributed by atoms with Crippen LogP contribution in [0, 0.1) is 12.8 Å². The summed E-state index contributed by atoms with van der Waals surface area (Å²) in [6.45, 7) is 11.4. The Morgan fingerprint density at radius 1 is 1.39 bits per heavy atom. The van der Waals surface area contributed by atoms with Gasteiger partial charge in [0.05, 0.1) is 12.8 Å². The first kappa shape index (κ1) is 15.0. The van der Waals surface area contributed by atoms with Gasteiger partial charge in [0, 0.05) is 12.6 Å². The van der Waals surface area contributed by atoms with E-state index in [2.05, 4.69) is 37.6 Å². The number of carbonyl (C=O) groups is 1. The van der Waals surface area contributed by atoms with Crippen molar-refractivity contribution in [2.75, 3.05) is 18.6 Å². The van der Waals surface area contributed by atoms with Gasteiger partial charge in [-0.2, -0.15) is 0 Å². The molecule has 0 saturated heterocycles. The molecule has 0 aliphatic carbocycles. The van der Waals surface area contributed by atoms with Crippen LogP contribution in [0.4, 0.5) is 5.13 Å². The van der Waals surface area contributed by atoms with Crippen molar-refractivity contribution in [3.05, 3.63) is 10.6 Å². The lowest BCUT2D eigenvalue weighted by atomic mass is 10.2. The maximum atomic E-state index is 11.6. The number of hydrogen-bond acceptors (Lipinski definition) is 5. The molecule has 0 spiro atoms. The summed E-state index contributed by atoms with van der Waals surface area (Å²) in [5, 5.41) is 0.900. The molecule has 1 aromatic heterocycles. The van der Waals surface area contributed by atoms with E-state index < -0.39 is 0 Å². The molecule has 4 nitrogen and oxygen atoms in total. The second-order valence-corrected chi connectivity index (χ2v) is 6.02. The van der Waals surface area contributed by atoms with Crippen molar-refractivity contribution in [2.24, 2.45) is 5.92 Å². The Labute approximate surface area is 113 Å². The van der Waals surface area contributed by atoms with E-state index in [1.165, 1.54) is 18.4 Å². The summed E-state index contributed by atoms with van der Waals surface area (Å²) in [5.41, 5.74) is 0.747. The van der Waals surface area contributed by atoms with Gasteiger partial charge in [-0.15, -0.1) is 0 Å². The minimum absolute atomic E-state index is 0.301. The zero-order valence-electron chi connectivity index (χ0n) is 12.0. The minimum atomic E-state index is -0.301. The molecule has 0 aliphatic heterocycles. The highest BCUT2D eigenvalue weighted by Crippen LogP contribution is 2.28. The van der Waals surface area contributed by atoms with Crippen molar-refractivity contribution in [3.63, 3.8) is 0 Å². The van der Waals surface area contributed by atoms with Crippen LogP contribution in [0.5, 0.6) is 0 Å². The van der Waals surface area contributed by atoms with Gasteiger partial charge < -0.3 is 9.64 Å². The molecule has 1 rings (SSSR count).